The van der Waals surface area contributed by atoms with E-state index >= 15 is 0 Å². The molecule has 0 aliphatic heterocycles. The molecule has 0 saturated heterocycles. The topological polar surface area (TPSA) is 125 Å². The minimum absolute atomic E-state index is 0.173. The van der Waals surface area contributed by atoms with Crippen LogP contribution < -0.4 is 11.1 Å². The zero-order valence-corrected chi connectivity index (χ0v) is 16.9. The van der Waals surface area contributed by atoms with E-state index in [2.05, 4.69) is 25.5 Å². The molecule has 1 aromatic carbocycles. The van der Waals surface area contributed by atoms with Crippen molar-refractivity contribution < 1.29 is 13.7 Å². The first-order valence-electron chi connectivity index (χ1n) is 9.47. The van der Waals surface area contributed by atoms with E-state index in [1.807, 2.05) is 0 Å². The van der Waals surface area contributed by atoms with E-state index in [1.54, 1.807) is 54.9 Å². The lowest BCUT2D eigenvalue weighted by molar-refractivity contribution is -0.120. The molecule has 0 saturated carbocycles. The highest BCUT2D eigenvalue weighted by Gasteiger charge is 2.23. The second kappa shape index (κ2) is 8.07. The average Bonchev–Trinajstić information content (AvgIpc) is 3.39. The lowest BCUT2D eigenvalue weighted by Crippen LogP contribution is -2.45. The van der Waals surface area contributed by atoms with Gasteiger partial charge >= 0.3 is 0 Å². The van der Waals surface area contributed by atoms with Crippen molar-refractivity contribution in [3.63, 3.8) is 0 Å². The summed E-state index contributed by atoms with van der Waals surface area (Å²) in [4.78, 5) is 20.8. The predicted octanol–water partition coefficient (Wildman–Crippen LogP) is 2.86. The number of carbonyl (C=O) groups is 1. The van der Waals surface area contributed by atoms with Crippen molar-refractivity contribution in [3.8, 4) is 22.9 Å². The number of carbonyl (C=O) groups excluding carboxylic acids is 1. The van der Waals surface area contributed by atoms with Crippen LogP contribution in [0.15, 0.2) is 59.4 Å². The molecule has 0 unspecified atom stereocenters. The molecule has 1 amide bonds. The Hall–Kier alpha value is -3.92. The van der Waals surface area contributed by atoms with E-state index in [-0.39, 0.29) is 24.1 Å². The molecular weight excluding hydrogens is 401 g/mol. The standard InChI is InChI=1S/C21H20FN7O2/c1-21(2,23)20(30)26-18-7-9-24-19(25-18)16-11-17(15-8-10-31-28-15)29(27-16)12-13-5-3-4-6-14(13)22/h3-11H,12,23H2,1-2H3,(H,24,25,26,30). The molecule has 9 nitrogen and oxygen atoms in total. The summed E-state index contributed by atoms with van der Waals surface area (Å²) in [6, 6.07) is 11.4. The number of hydrogen-bond acceptors (Lipinski definition) is 7. The fourth-order valence-electron chi connectivity index (χ4n) is 2.81. The van der Waals surface area contributed by atoms with Crippen molar-refractivity contribution >= 4 is 11.7 Å². The number of amides is 1. The third kappa shape index (κ3) is 4.48. The number of hydrogen-bond donors (Lipinski definition) is 2. The monoisotopic (exact) mass is 421 g/mol. The molecular formula is C21H20FN7O2. The molecule has 0 atom stereocenters. The van der Waals surface area contributed by atoms with Crippen molar-refractivity contribution in [3.05, 3.63) is 66.3 Å². The highest BCUT2D eigenvalue weighted by Crippen LogP contribution is 2.25. The maximum atomic E-state index is 14.2. The number of benzene rings is 1. The summed E-state index contributed by atoms with van der Waals surface area (Å²) >= 11 is 0. The van der Waals surface area contributed by atoms with Crippen LogP contribution in [0.3, 0.4) is 0 Å². The summed E-state index contributed by atoms with van der Waals surface area (Å²) in [7, 11) is 0. The van der Waals surface area contributed by atoms with E-state index in [1.165, 1.54) is 18.5 Å². The Balaban J connectivity index is 1.71. The molecule has 10 heteroatoms. The Morgan fingerprint density at radius 1 is 1.23 bits per heavy atom. The van der Waals surface area contributed by atoms with Crippen LogP contribution in [0.25, 0.3) is 22.9 Å². The zero-order valence-electron chi connectivity index (χ0n) is 16.9. The van der Waals surface area contributed by atoms with Gasteiger partial charge in [-0.15, -0.1) is 0 Å². The smallest absolute Gasteiger partial charge is 0.245 e. The molecule has 4 rings (SSSR count). The Morgan fingerprint density at radius 2 is 2.03 bits per heavy atom. The van der Waals surface area contributed by atoms with Gasteiger partial charge in [-0.2, -0.15) is 5.10 Å². The van der Waals surface area contributed by atoms with Crippen LogP contribution in [-0.2, 0) is 11.3 Å². The minimum atomic E-state index is -1.06. The first kappa shape index (κ1) is 20.4. The van der Waals surface area contributed by atoms with Gasteiger partial charge in [-0.25, -0.2) is 14.4 Å². The molecule has 4 aromatic rings. The molecule has 0 bridgehead atoms. The third-order valence-electron chi connectivity index (χ3n) is 4.47. The van der Waals surface area contributed by atoms with Gasteiger partial charge in [0, 0.05) is 17.8 Å². The van der Waals surface area contributed by atoms with E-state index < -0.39 is 5.54 Å². The summed E-state index contributed by atoms with van der Waals surface area (Å²) in [6.07, 6.45) is 2.95. The van der Waals surface area contributed by atoms with Gasteiger partial charge in [0.25, 0.3) is 0 Å². The largest absolute Gasteiger partial charge is 0.364 e. The summed E-state index contributed by atoms with van der Waals surface area (Å²) in [6.45, 7) is 3.37. The van der Waals surface area contributed by atoms with Crippen molar-refractivity contribution in [1.29, 1.82) is 0 Å². The number of nitrogens with two attached hydrogens (primary N) is 1. The van der Waals surface area contributed by atoms with Gasteiger partial charge < -0.3 is 15.6 Å². The summed E-state index contributed by atoms with van der Waals surface area (Å²) < 4.78 is 20.8. The Bertz CT molecular complexity index is 1210. The van der Waals surface area contributed by atoms with Crippen molar-refractivity contribution in [2.75, 3.05) is 5.32 Å². The van der Waals surface area contributed by atoms with E-state index in [0.29, 0.717) is 28.5 Å². The van der Waals surface area contributed by atoms with Gasteiger partial charge in [0.2, 0.25) is 5.91 Å². The Labute approximate surface area is 177 Å². The van der Waals surface area contributed by atoms with E-state index in [9.17, 15) is 9.18 Å². The Morgan fingerprint density at radius 3 is 2.74 bits per heavy atom. The number of anilines is 1. The second-order valence-corrected chi connectivity index (χ2v) is 7.49. The lowest BCUT2D eigenvalue weighted by atomic mass is 10.1. The first-order chi connectivity index (χ1) is 14.8. The van der Waals surface area contributed by atoms with Crippen LogP contribution in [0.5, 0.6) is 0 Å². The van der Waals surface area contributed by atoms with Gasteiger partial charge in [0.1, 0.15) is 29.3 Å². The second-order valence-electron chi connectivity index (χ2n) is 7.49. The fraction of sp³-hybridized carbons (Fsp3) is 0.190. The number of nitrogens with one attached hydrogen (secondary N) is 1. The van der Waals surface area contributed by atoms with Crippen molar-refractivity contribution in [1.82, 2.24) is 24.9 Å². The molecule has 0 spiro atoms. The minimum Gasteiger partial charge on any atom is -0.364 e. The van der Waals surface area contributed by atoms with Crippen LogP contribution in [0.4, 0.5) is 10.2 Å². The number of halogens is 1. The molecule has 3 heterocycles. The van der Waals surface area contributed by atoms with Crippen molar-refractivity contribution in [2.24, 2.45) is 5.73 Å². The van der Waals surface area contributed by atoms with Gasteiger partial charge in [0.15, 0.2) is 5.82 Å². The van der Waals surface area contributed by atoms with Crippen molar-refractivity contribution in [2.45, 2.75) is 25.9 Å². The summed E-state index contributed by atoms with van der Waals surface area (Å²) in [5.74, 6) is -0.147. The Kier molecular flexibility index (Phi) is 5.30. The molecule has 3 aromatic heterocycles. The van der Waals surface area contributed by atoms with Crippen LogP contribution in [0.2, 0.25) is 0 Å². The molecule has 0 radical (unpaired) electrons. The number of rotatable bonds is 6. The average molecular weight is 421 g/mol. The van der Waals surface area contributed by atoms with Gasteiger partial charge in [0.05, 0.1) is 17.8 Å². The SMILES string of the molecule is CC(C)(N)C(=O)Nc1ccnc(-c2cc(-c3ccon3)n(Cc3ccccc3F)n2)n1. The molecule has 0 aliphatic rings. The maximum Gasteiger partial charge on any atom is 0.245 e. The van der Waals surface area contributed by atoms with Gasteiger partial charge in [-0.1, -0.05) is 23.4 Å². The normalized spacial score (nSPS) is 11.5. The summed E-state index contributed by atoms with van der Waals surface area (Å²) in [5, 5.41) is 11.2. The van der Waals surface area contributed by atoms with Crippen LogP contribution >= 0.6 is 0 Å². The highest BCUT2D eigenvalue weighted by molar-refractivity contribution is 5.96. The number of nitrogens with zero attached hydrogens (tertiary/aromatic N) is 5. The molecule has 0 aliphatic carbocycles. The zero-order chi connectivity index (χ0) is 22.0. The predicted molar refractivity (Wildman–Crippen MR) is 111 cm³/mol. The lowest BCUT2D eigenvalue weighted by Gasteiger charge is -2.17. The van der Waals surface area contributed by atoms with Gasteiger partial charge in [-0.3, -0.25) is 9.48 Å². The molecule has 3 N–H and O–H groups in total. The van der Waals surface area contributed by atoms with Gasteiger partial charge in [-0.05, 0) is 32.0 Å². The first-order valence-corrected chi connectivity index (χ1v) is 9.47. The van der Waals surface area contributed by atoms with E-state index in [0.717, 1.165) is 0 Å². The van der Waals surface area contributed by atoms with Crippen LogP contribution in [-0.4, -0.2) is 36.4 Å². The maximum absolute atomic E-state index is 14.2. The summed E-state index contributed by atoms with van der Waals surface area (Å²) in [5.41, 5.74) is 6.79. The van der Waals surface area contributed by atoms with Crippen LogP contribution in [0, 0.1) is 5.82 Å². The third-order valence-corrected chi connectivity index (χ3v) is 4.47. The number of aromatic nitrogens is 5. The molecule has 31 heavy (non-hydrogen) atoms. The van der Waals surface area contributed by atoms with Crippen LogP contribution in [0.1, 0.15) is 19.4 Å². The fourth-order valence-corrected chi connectivity index (χ4v) is 2.81. The highest BCUT2D eigenvalue weighted by atomic mass is 19.1. The quantitative estimate of drug-likeness (QED) is 0.490. The van der Waals surface area contributed by atoms with E-state index in [4.69, 9.17) is 10.3 Å². The molecule has 158 valence electrons. The molecule has 0 fully saturated rings.